The number of nitrogens with zero attached hydrogens (tertiary/aromatic N) is 3. The second-order valence-corrected chi connectivity index (χ2v) is 7.40. The molecule has 126 valence electrons. The van der Waals surface area contributed by atoms with Gasteiger partial charge in [-0.05, 0) is 13.1 Å². The average molecular weight is 347 g/mol. The Morgan fingerprint density at radius 1 is 1.21 bits per heavy atom. The maximum absolute atomic E-state index is 14.9. The summed E-state index contributed by atoms with van der Waals surface area (Å²) in [6.07, 6.45) is 2.16. The van der Waals surface area contributed by atoms with Gasteiger partial charge in [0.15, 0.2) is 11.7 Å². The third-order valence-electron chi connectivity index (χ3n) is 4.80. The molecule has 0 N–H and O–H groups in total. The molecule has 1 aromatic heterocycles. The molecule has 2 aliphatic rings. The van der Waals surface area contributed by atoms with E-state index in [0.29, 0.717) is 23.9 Å². The van der Waals surface area contributed by atoms with Crippen LogP contribution in [0.15, 0.2) is 22.0 Å². The summed E-state index contributed by atoms with van der Waals surface area (Å²) < 4.78 is 16.8. The number of rotatable bonds is 2. The quantitative estimate of drug-likeness (QED) is 0.776. The molecule has 0 spiro atoms. The van der Waals surface area contributed by atoms with E-state index < -0.39 is 0 Å². The molecule has 4 rings (SSSR count). The van der Waals surface area contributed by atoms with Crippen molar-refractivity contribution in [1.82, 2.24) is 9.47 Å². The van der Waals surface area contributed by atoms with Gasteiger partial charge in [0.05, 0.1) is 27.0 Å². The van der Waals surface area contributed by atoms with Gasteiger partial charge in [-0.25, -0.2) is 4.39 Å². The van der Waals surface area contributed by atoms with Crippen molar-refractivity contribution in [3.05, 3.63) is 33.9 Å². The molecule has 24 heavy (non-hydrogen) atoms. The first kappa shape index (κ1) is 15.7. The van der Waals surface area contributed by atoms with Crippen LogP contribution in [0.5, 0.6) is 0 Å². The molecule has 5 nitrogen and oxygen atoms in total. The number of carbonyl (C=O) groups excluding carboxylic acids is 1. The molecule has 0 saturated carbocycles. The van der Waals surface area contributed by atoms with E-state index in [0.717, 1.165) is 42.3 Å². The molecule has 1 fully saturated rings. The minimum atomic E-state index is -0.385. The summed E-state index contributed by atoms with van der Waals surface area (Å²) in [4.78, 5) is 28.7. The van der Waals surface area contributed by atoms with E-state index in [1.807, 2.05) is 4.57 Å². The molecular formula is C17H18FN3O2S. The Kier molecular flexibility index (Phi) is 3.85. The zero-order chi connectivity index (χ0) is 16.8. The Hall–Kier alpha value is -1.86. The van der Waals surface area contributed by atoms with Crippen LogP contribution in [0, 0.1) is 5.82 Å². The molecule has 0 bridgehead atoms. The molecule has 2 aliphatic heterocycles. The van der Waals surface area contributed by atoms with Gasteiger partial charge in [-0.15, -0.1) is 11.8 Å². The average Bonchev–Trinajstić information content (AvgIpc) is 2.59. The number of thioether (sulfide) groups is 1. The van der Waals surface area contributed by atoms with Crippen molar-refractivity contribution in [3.63, 3.8) is 0 Å². The Bertz CT molecular complexity index is 888. The molecule has 0 aliphatic carbocycles. The first-order valence-electron chi connectivity index (χ1n) is 8.01. The van der Waals surface area contributed by atoms with Gasteiger partial charge in [-0.2, -0.15) is 0 Å². The molecule has 0 unspecified atom stereocenters. The summed E-state index contributed by atoms with van der Waals surface area (Å²) >= 11 is 1.60. The molecule has 1 saturated heterocycles. The minimum Gasteiger partial charge on any atom is -0.366 e. The van der Waals surface area contributed by atoms with E-state index in [1.165, 1.54) is 6.07 Å². The molecule has 2 aromatic rings. The van der Waals surface area contributed by atoms with E-state index >= 15 is 0 Å². The smallest absolute Gasteiger partial charge is 0.200 e. The second-order valence-electron chi connectivity index (χ2n) is 6.30. The number of aldehydes is 1. The van der Waals surface area contributed by atoms with Gasteiger partial charge in [0.25, 0.3) is 0 Å². The summed E-state index contributed by atoms with van der Waals surface area (Å²) in [6.45, 7) is 4.02. The van der Waals surface area contributed by atoms with Crippen LogP contribution in [0.2, 0.25) is 0 Å². The lowest BCUT2D eigenvalue weighted by atomic mass is 10.1. The molecular weight excluding hydrogens is 329 g/mol. The number of carbonyl (C=O) groups is 1. The van der Waals surface area contributed by atoms with Crippen LogP contribution in [0.4, 0.5) is 10.1 Å². The molecule has 0 radical (unpaired) electrons. The molecule has 0 atom stereocenters. The van der Waals surface area contributed by atoms with E-state index in [9.17, 15) is 14.0 Å². The number of piperazine rings is 1. The first-order chi connectivity index (χ1) is 11.6. The van der Waals surface area contributed by atoms with Crippen molar-refractivity contribution in [2.75, 3.05) is 43.9 Å². The van der Waals surface area contributed by atoms with Crippen LogP contribution >= 0.6 is 11.8 Å². The fraction of sp³-hybridized carbons (Fsp3) is 0.412. The lowest BCUT2D eigenvalue weighted by Gasteiger charge is -2.36. The van der Waals surface area contributed by atoms with Crippen LogP contribution in [0.1, 0.15) is 10.4 Å². The standard InChI is InChI=1S/C17H18FN3O2S/c1-19-2-4-20(5-3-19)15-13(18)8-12-14-17(15)24-7-6-21(14)9-11(10-22)16(12)23/h8-10H,2-7H2,1H3. The minimum absolute atomic E-state index is 0.0899. The summed E-state index contributed by atoms with van der Waals surface area (Å²) in [5.41, 5.74) is 1.07. The highest BCUT2D eigenvalue weighted by Gasteiger charge is 2.27. The van der Waals surface area contributed by atoms with Gasteiger partial charge in [0, 0.05) is 44.7 Å². The van der Waals surface area contributed by atoms with Crippen LogP contribution in [0.25, 0.3) is 10.9 Å². The number of aryl methyl sites for hydroxylation is 1. The SMILES string of the molecule is CN1CCN(c2c(F)cc3c(=O)c(C=O)cn4c3c2SCC4)CC1. The summed E-state index contributed by atoms with van der Waals surface area (Å²) in [5, 5.41) is 0.303. The number of likely N-dealkylation sites (N-methyl/N-ethyl adjacent to an activating group) is 1. The number of hydrogen-bond donors (Lipinski definition) is 0. The van der Waals surface area contributed by atoms with Gasteiger partial charge in [-0.3, -0.25) is 9.59 Å². The lowest BCUT2D eigenvalue weighted by molar-refractivity contribution is 0.112. The van der Waals surface area contributed by atoms with Gasteiger partial charge < -0.3 is 14.4 Å². The number of pyridine rings is 1. The van der Waals surface area contributed by atoms with E-state index in [2.05, 4.69) is 16.8 Å². The third-order valence-corrected chi connectivity index (χ3v) is 5.86. The summed E-state index contributed by atoms with van der Waals surface area (Å²) in [6, 6.07) is 1.31. The Morgan fingerprint density at radius 3 is 2.67 bits per heavy atom. The molecule has 3 heterocycles. The predicted octanol–water partition coefficient (Wildman–Crippen LogP) is 1.81. The monoisotopic (exact) mass is 347 g/mol. The number of anilines is 1. The predicted molar refractivity (Wildman–Crippen MR) is 94.0 cm³/mol. The fourth-order valence-electron chi connectivity index (χ4n) is 3.48. The summed E-state index contributed by atoms with van der Waals surface area (Å²) in [7, 11) is 2.06. The van der Waals surface area contributed by atoms with Crippen molar-refractivity contribution < 1.29 is 9.18 Å². The zero-order valence-electron chi connectivity index (χ0n) is 13.4. The van der Waals surface area contributed by atoms with Crippen LogP contribution in [-0.2, 0) is 6.54 Å². The molecule has 0 amide bonds. The third kappa shape index (κ3) is 2.34. The Balaban J connectivity index is 1.97. The molecule has 7 heteroatoms. The van der Waals surface area contributed by atoms with E-state index in [1.54, 1.807) is 18.0 Å². The van der Waals surface area contributed by atoms with Crippen molar-refractivity contribution in [2.24, 2.45) is 0 Å². The highest BCUT2D eigenvalue weighted by molar-refractivity contribution is 7.99. The van der Waals surface area contributed by atoms with E-state index in [4.69, 9.17) is 0 Å². The molecule has 1 aromatic carbocycles. The van der Waals surface area contributed by atoms with Crippen LogP contribution in [0.3, 0.4) is 0 Å². The van der Waals surface area contributed by atoms with Gasteiger partial charge in [0.2, 0.25) is 0 Å². The van der Waals surface area contributed by atoms with Crippen LogP contribution < -0.4 is 10.3 Å². The van der Waals surface area contributed by atoms with Crippen LogP contribution in [-0.4, -0.2) is 54.7 Å². The number of aromatic nitrogens is 1. The topological polar surface area (TPSA) is 45.6 Å². The fourth-order valence-corrected chi connectivity index (χ4v) is 4.70. The van der Waals surface area contributed by atoms with Gasteiger partial charge in [-0.1, -0.05) is 0 Å². The van der Waals surface area contributed by atoms with Crippen molar-refractivity contribution in [3.8, 4) is 0 Å². The maximum Gasteiger partial charge on any atom is 0.200 e. The first-order valence-corrected chi connectivity index (χ1v) is 9.00. The second kappa shape index (κ2) is 5.89. The Morgan fingerprint density at radius 2 is 1.96 bits per heavy atom. The summed E-state index contributed by atoms with van der Waals surface area (Å²) in [5.74, 6) is 0.427. The largest absolute Gasteiger partial charge is 0.366 e. The highest BCUT2D eigenvalue weighted by Crippen LogP contribution is 2.41. The van der Waals surface area contributed by atoms with Gasteiger partial charge >= 0.3 is 0 Å². The van der Waals surface area contributed by atoms with Crippen molar-refractivity contribution in [2.45, 2.75) is 11.4 Å². The van der Waals surface area contributed by atoms with Crippen molar-refractivity contribution >= 4 is 34.6 Å². The normalized spacial score (nSPS) is 18.2. The number of halogens is 1. The number of benzene rings is 1. The highest BCUT2D eigenvalue weighted by atomic mass is 32.2. The zero-order valence-corrected chi connectivity index (χ0v) is 14.2. The number of hydrogen-bond acceptors (Lipinski definition) is 5. The van der Waals surface area contributed by atoms with Crippen molar-refractivity contribution in [1.29, 1.82) is 0 Å². The maximum atomic E-state index is 14.9. The van der Waals surface area contributed by atoms with E-state index in [-0.39, 0.29) is 16.8 Å². The van der Waals surface area contributed by atoms with Gasteiger partial charge in [0.1, 0.15) is 5.82 Å². The lowest BCUT2D eigenvalue weighted by Crippen LogP contribution is -2.45. The Labute approximate surface area is 143 Å².